The van der Waals surface area contributed by atoms with Crippen LogP contribution in [0.5, 0.6) is 11.5 Å². The number of aliphatic hydroxyl groups excluding tert-OH is 1. The Bertz CT molecular complexity index is 1060. The lowest BCUT2D eigenvalue weighted by Crippen LogP contribution is -2.48. The number of carbonyl (C=O) groups is 1. The van der Waals surface area contributed by atoms with Crippen LogP contribution in [0.1, 0.15) is 34.3 Å². The minimum Gasteiger partial charge on any atom is -0.497 e. The number of carbonyl (C=O) groups excluding carboxylic acids is 1. The maximum atomic E-state index is 12.9. The molecule has 0 bridgehead atoms. The van der Waals surface area contributed by atoms with E-state index in [-0.39, 0.29) is 11.9 Å². The molecule has 0 radical (unpaired) electrons. The molecule has 2 atom stereocenters. The van der Waals surface area contributed by atoms with Gasteiger partial charge < -0.3 is 19.9 Å². The Kier molecular flexibility index (Phi) is 8.17. The van der Waals surface area contributed by atoms with Gasteiger partial charge in [-0.2, -0.15) is 0 Å². The van der Waals surface area contributed by atoms with Crippen molar-refractivity contribution >= 4 is 5.91 Å². The lowest BCUT2D eigenvalue weighted by Gasteiger charge is -2.27. The van der Waals surface area contributed by atoms with E-state index in [4.69, 9.17) is 9.47 Å². The normalized spacial score (nSPS) is 18.6. The van der Waals surface area contributed by atoms with Crippen molar-refractivity contribution in [1.29, 1.82) is 0 Å². The van der Waals surface area contributed by atoms with Gasteiger partial charge >= 0.3 is 0 Å². The SMILES string of the molecule is COc1cccc(CN2CCC[C@@H](O)[C@H](NC(=O)c3ccc(OCc4ccccc4)cc3)C2)c1. The maximum Gasteiger partial charge on any atom is 0.251 e. The van der Waals surface area contributed by atoms with E-state index in [2.05, 4.69) is 16.3 Å². The van der Waals surface area contributed by atoms with E-state index in [0.29, 0.717) is 30.9 Å². The Morgan fingerprint density at radius 3 is 2.53 bits per heavy atom. The summed E-state index contributed by atoms with van der Waals surface area (Å²) in [6.07, 6.45) is 0.962. The molecule has 1 saturated heterocycles. The zero-order chi connectivity index (χ0) is 23.8. The van der Waals surface area contributed by atoms with Crippen LogP contribution in [0.2, 0.25) is 0 Å². The number of methoxy groups -OCH3 is 1. The lowest BCUT2D eigenvalue weighted by molar-refractivity contribution is 0.0798. The monoisotopic (exact) mass is 460 g/mol. The molecule has 0 aliphatic carbocycles. The fourth-order valence-electron chi connectivity index (χ4n) is 4.23. The summed E-state index contributed by atoms with van der Waals surface area (Å²) in [5, 5.41) is 13.7. The number of hydrogen-bond acceptors (Lipinski definition) is 5. The molecule has 1 amide bonds. The standard InChI is InChI=1S/C28H32N2O4/c1-33-25-10-5-9-22(17-25)18-30-16-6-11-27(31)26(19-30)29-28(32)23-12-14-24(15-13-23)34-20-21-7-3-2-4-8-21/h2-5,7-10,12-15,17,26-27,31H,6,11,16,18-20H2,1H3,(H,29,32)/t26-,27-/m1/s1. The molecule has 0 unspecified atom stereocenters. The molecule has 3 aromatic rings. The summed E-state index contributed by atoms with van der Waals surface area (Å²) in [7, 11) is 1.66. The molecule has 6 nitrogen and oxygen atoms in total. The molecule has 1 heterocycles. The number of hydrogen-bond donors (Lipinski definition) is 2. The highest BCUT2D eigenvalue weighted by molar-refractivity contribution is 5.94. The number of nitrogens with one attached hydrogen (secondary N) is 1. The third kappa shape index (κ3) is 6.59. The van der Waals surface area contributed by atoms with Crippen LogP contribution in [-0.4, -0.2) is 48.3 Å². The van der Waals surface area contributed by atoms with E-state index in [1.165, 1.54) is 0 Å². The van der Waals surface area contributed by atoms with E-state index >= 15 is 0 Å². The average molecular weight is 461 g/mol. The van der Waals surface area contributed by atoms with Gasteiger partial charge in [-0.25, -0.2) is 0 Å². The quantitative estimate of drug-likeness (QED) is 0.531. The number of ether oxygens (including phenoxy) is 2. The van der Waals surface area contributed by atoms with E-state index in [9.17, 15) is 9.90 Å². The minimum atomic E-state index is -0.576. The summed E-state index contributed by atoms with van der Waals surface area (Å²) >= 11 is 0. The summed E-state index contributed by atoms with van der Waals surface area (Å²) in [6, 6.07) is 24.7. The zero-order valence-electron chi connectivity index (χ0n) is 19.5. The Morgan fingerprint density at radius 2 is 1.76 bits per heavy atom. The summed E-state index contributed by atoms with van der Waals surface area (Å²) < 4.78 is 11.1. The van der Waals surface area contributed by atoms with Crippen molar-refractivity contribution in [2.45, 2.75) is 38.1 Å². The molecule has 0 saturated carbocycles. The fourth-order valence-corrected chi connectivity index (χ4v) is 4.23. The first-order valence-corrected chi connectivity index (χ1v) is 11.7. The Balaban J connectivity index is 1.34. The van der Waals surface area contributed by atoms with Gasteiger partial charge in [-0.05, 0) is 66.9 Å². The number of aliphatic hydroxyl groups is 1. The second kappa shape index (κ2) is 11.7. The van der Waals surface area contributed by atoms with Crippen LogP contribution in [0, 0.1) is 0 Å². The van der Waals surface area contributed by atoms with E-state index in [0.717, 1.165) is 36.4 Å². The maximum absolute atomic E-state index is 12.9. The van der Waals surface area contributed by atoms with Gasteiger partial charge in [-0.3, -0.25) is 9.69 Å². The number of amides is 1. The first-order valence-electron chi connectivity index (χ1n) is 11.7. The molecule has 2 N–H and O–H groups in total. The summed E-state index contributed by atoms with van der Waals surface area (Å²) in [4.78, 5) is 15.2. The van der Waals surface area contributed by atoms with Crippen LogP contribution < -0.4 is 14.8 Å². The highest BCUT2D eigenvalue weighted by atomic mass is 16.5. The number of nitrogens with zero attached hydrogens (tertiary/aromatic N) is 1. The van der Waals surface area contributed by atoms with Crippen LogP contribution in [-0.2, 0) is 13.2 Å². The van der Waals surface area contributed by atoms with Crippen LogP contribution in [0.3, 0.4) is 0 Å². The predicted octanol–water partition coefficient (Wildman–Crippen LogP) is 4.03. The molecule has 0 spiro atoms. The third-order valence-corrected chi connectivity index (χ3v) is 6.12. The van der Waals surface area contributed by atoms with Gasteiger partial charge in [0.15, 0.2) is 0 Å². The van der Waals surface area contributed by atoms with Crippen molar-refractivity contribution in [3.05, 3.63) is 95.6 Å². The van der Waals surface area contributed by atoms with E-state index in [1.807, 2.05) is 48.5 Å². The summed E-state index contributed by atoms with van der Waals surface area (Å²) in [6.45, 7) is 2.67. The van der Waals surface area contributed by atoms with Crippen molar-refractivity contribution in [1.82, 2.24) is 10.2 Å². The van der Waals surface area contributed by atoms with Crippen molar-refractivity contribution in [2.24, 2.45) is 0 Å². The smallest absolute Gasteiger partial charge is 0.251 e. The van der Waals surface area contributed by atoms with Crippen molar-refractivity contribution in [3.63, 3.8) is 0 Å². The van der Waals surface area contributed by atoms with Gasteiger partial charge in [0, 0.05) is 18.7 Å². The minimum absolute atomic E-state index is 0.193. The Hall–Kier alpha value is -3.35. The number of likely N-dealkylation sites (tertiary alicyclic amines) is 1. The Labute approximate surface area is 201 Å². The van der Waals surface area contributed by atoms with Crippen LogP contribution in [0.15, 0.2) is 78.9 Å². The topological polar surface area (TPSA) is 71.0 Å². The van der Waals surface area contributed by atoms with Gasteiger partial charge in [0.1, 0.15) is 18.1 Å². The largest absolute Gasteiger partial charge is 0.497 e. The number of benzene rings is 3. The summed E-state index contributed by atoms with van der Waals surface area (Å²) in [5.74, 6) is 1.34. The second-order valence-electron chi connectivity index (χ2n) is 8.67. The fraction of sp³-hybridized carbons (Fsp3) is 0.321. The molecule has 3 aromatic carbocycles. The van der Waals surface area contributed by atoms with E-state index in [1.54, 1.807) is 31.4 Å². The van der Waals surface area contributed by atoms with Gasteiger partial charge in [-0.15, -0.1) is 0 Å². The predicted molar refractivity (Wildman–Crippen MR) is 132 cm³/mol. The van der Waals surface area contributed by atoms with Gasteiger partial charge in [0.05, 0.1) is 19.3 Å². The lowest BCUT2D eigenvalue weighted by atomic mass is 10.1. The van der Waals surface area contributed by atoms with Crippen molar-refractivity contribution in [3.8, 4) is 11.5 Å². The molecular weight excluding hydrogens is 428 g/mol. The molecule has 4 rings (SSSR count). The van der Waals surface area contributed by atoms with E-state index < -0.39 is 6.10 Å². The molecule has 1 fully saturated rings. The van der Waals surface area contributed by atoms with Gasteiger partial charge in [0.25, 0.3) is 5.91 Å². The first kappa shape index (κ1) is 23.8. The Morgan fingerprint density at radius 1 is 1.00 bits per heavy atom. The molecule has 1 aliphatic rings. The van der Waals surface area contributed by atoms with Crippen LogP contribution in [0.4, 0.5) is 0 Å². The molecule has 6 heteroatoms. The van der Waals surface area contributed by atoms with Crippen LogP contribution >= 0.6 is 0 Å². The molecule has 34 heavy (non-hydrogen) atoms. The average Bonchev–Trinajstić information content (AvgIpc) is 3.04. The second-order valence-corrected chi connectivity index (χ2v) is 8.67. The zero-order valence-corrected chi connectivity index (χ0v) is 19.5. The first-order chi connectivity index (χ1) is 16.6. The van der Waals surface area contributed by atoms with Crippen molar-refractivity contribution in [2.75, 3.05) is 20.2 Å². The molecular formula is C28H32N2O4. The van der Waals surface area contributed by atoms with Crippen molar-refractivity contribution < 1.29 is 19.4 Å². The van der Waals surface area contributed by atoms with Crippen LogP contribution in [0.25, 0.3) is 0 Å². The molecule has 0 aromatic heterocycles. The molecule has 178 valence electrons. The van der Waals surface area contributed by atoms with Gasteiger partial charge in [-0.1, -0.05) is 42.5 Å². The number of rotatable bonds is 8. The summed E-state index contributed by atoms with van der Waals surface area (Å²) in [5.41, 5.74) is 2.78. The highest BCUT2D eigenvalue weighted by Gasteiger charge is 2.27. The third-order valence-electron chi connectivity index (χ3n) is 6.12. The van der Waals surface area contributed by atoms with Gasteiger partial charge in [0.2, 0.25) is 0 Å². The molecule has 1 aliphatic heterocycles. The highest BCUT2D eigenvalue weighted by Crippen LogP contribution is 2.19.